The molecule has 0 saturated heterocycles. The van der Waals surface area contributed by atoms with E-state index in [0.717, 1.165) is 17.4 Å². The molecule has 20 heavy (non-hydrogen) atoms. The molecule has 0 radical (unpaired) electrons. The first-order chi connectivity index (χ1) is 9.69. The monoisotopic (exact) mass is 304 g/mol. The van der Waals surface area contributed by atoms with Gasteiger partial charge in [0.2, 0.25) is 0 Å². The first-order valence-corrected chi connectivity index (χ1v) is 6.82. The molecule has 0 aromatic heterocycles. The first kappa shape index (κ1) is 13.2. The first-order valence-electron chi connectivity index (χ1n) is 6.06. The molecule has 1 heterocycles. The fourth-order valence-electron chi connectivity index (χ4n) is 2.24. The molecule has 0 aliphatic carbocycles. The van der Waals surface area contributed by atoms with Gasteiger partial charge in [-0.05, 0) is 23.8 Å². The molecule has 0 fully saturated rings. The van der Waals surface area contributed by atoms with Gasteiger partial charge in [0.15, 0.2) is 6.10 Å². The van der Waals surface area contributed by atoms with Crippen LogP contribution in [0.2, 0.25) is 10.0 Å². The molecule has 0 spiro atoms. The highest BCUT2D eigenvalue weighted by Gasteiger charge is 2.26. The molecule has 3 rings (SSSR count). The Bertz CT molecular complexity index is 693. The number of ether oxygens (including phenoxy) is 1. The van der Waals surface area contributed by atoms with E-state index in [1.54, 1.807) is 18.2 Å². The van der Waals surface area contributed by atoms with Gasteiger partial charge < -0.3 is 4.74 Å². The molecule has 2 aromatic carbocycles. The maximum Gasteiger partial charge on any atom is 0.152 e. The molecule has 1 unspecified atom stereocenters. The maximum absolute atomic E-state index is 11.3. The minimum atomic E-state index is -0.445. The van der Waals surface area contributed by atoms with Crippen LogP contribution in [-0.2, 0) is 4.79 Å². The molecule has 2 nitrogen and oxygen atoms in total. The quantitative estimate of drug-likeness (QED) is 0.751. The summed E-state index contributed by atoms with van der Waals surface area (Å²) >= 11 is 12.1. The highest BCUT2D eigenvalue weighted by Crippen LogP contribution is 2.42. The van der Waals surface area contributed by atoms with Crippen LogP contribution in [0.25, 0.3) is 6.08 Å². The summed E-state index contributed by atoms with van der Waals surface area (Å²) in [5.74, 6) is 0.551. The van der Waals surface area contributed by atoms with Crippen LogP contribution in [0.1, 0.15) is 17.2 Å². The van der Waals surface area contributed by atoms with E-state index in [4.69, 9.17) is 27.9 Å². The number of hydrogen-bond acceptors (Lipinski definition) is 2. The summed E-state index contributed by atoms with van der Waals surface area (Å²) in [5, 5.41) is 0.951. The Morgan fingerprint density at radius 1 is 1.10 bits per heavy atom. The molecule has 100 valence electrons. The lowest BCUT2D eigenvalue weighted by molar-refractivity contribution is -0.105. The molecule has 4 heteroatoms. The zero-order chi connectivity index (χ0) is 14.1. The van der Waals surface area contributed by atoms with Gasteiger partial charge in [0.1, 0.15) is 12.0 Å². The van der Waals surface area contributed by atoms with Crippen molar-refractivity contribution in [2.45, 2.75) is 6.10 Å². The number of carbonyl (C=O) groups is 1. The molecule has 0 N–H and O–H groups in total. The Morgan fingerprint density at radius 3 is 2.55 bits per heavy atom. The topological polar surface area (TPSA) is 26.3 Å². The van der Waals surface area contributed by atoms with Crippen LogP contribution < -0.4 is 4.74 Å². The summed E-state index contributed by atoms with van der Waals surface area (Å²) < 4.78 is 5.92. The van der Waals surface area contributed by atoms with Gasteiger partial charge >= 0.3 is 0 Å². The van der Waals surface area contributed by atoms with Gasteiger partial charge in [-0.25, -0.2) is 0 Å². The normalized spacial score (nSPS) is 16.9. The minimum absolute atomic E-state index is 0.439. The third-order valence-corrected chi connectivity index (χ3v) is 3.64. The Hall–Kier alpha value is -1.77. The van der Waals surface area contributed by atoms with Crippen LogP contribution in [0.5, 0.6) is 5.75 Å². The fourth-order valence-corrected chi connectivity index (χ4v) is 2.79. The van der Waals surface area contributed by atoms with Crippen molar-refractivity contribution in [3.8, 4) is 5.75 Å². The van der Waals surface area contributed by atoms with Gasteiger partial charge in [-0.1, -0.05) is 53.5 Å². The van der Waals surface area contributed by atoms with E-state index in [-0.39, 0.29) is 0 Å². The molecule has 0 bridgehead atoms. The van der Waals surface area contributed by atoms with Gasteiger partial charge in [0, 0.05) is 16.2 Å². The number of aldehydes is 1. The Morgan fingerprint density at radius 2 is 1.85 bits per heavy atom. The number of benzene rings is 2. The van der Waals surface area contributed by atoms with Gasteiger partial charge in [0.05, 0.1) is 5.02 Å². The number of carbonyl (C=O) groups excluding carboxylic acids is 1. The predicted molar refractivity (Wildman–Crippen MR) is 80.3 cm³/mol. The van der Waals surface area contributed by atoms with Crippen molar-refractivity contribution in [3.63, 3.8) is 0 Å². The van der Waals surface area contributed by atoms with E-state index in [1.165, 1.54) is 0 Å². The Balaban J connectivity index is 2.12. The van der Waals surface area contributed by atoms with Crippen molar-refractivity contribution in [3.05, 3.63) is 69.2 Å². The van der Waals surface area contributed by atoms with Gasteiger partial charge in [-0.15, -0.1) is 0 Å². The largest absolute Gasteiger partial charge is 0.479 e. The lowest BCUT2D eigenvalue weighted by atomic mass is 9.97. The van der Waals surface area contributed by atoms with Crippen molar-refractivity contribution in [1.29, 1.82) is 0 Å². The summed E-state index contributed by atoms with van der Waals surface area (Å²) in [6.45, 7) is 0. The molecule has 1 atom stereocenters. The molecule has 1 aliphatic rings. The summed E-state index contributed by atoms with van der Waals surface area (Å²) in [4.78, 5) is 11.3. The van der Waals surface area contributed by atoms with Crippen molar-refractivity contribution in [2.24, 2.45) is 0 Å². The number of fused-ring (bicyclic) bond motifs is 1. The summed E-state index contributed by atoms with van der Waals surface area (Å²) in [7, 11) is 0. The zero-order valence-electron chi connectivity index (χ0n) is 10.3. The van der Waals surface area contributed by atoms with Crippen LogP contribution in [0.4, 0.5) is 0 Å². The van der Waals surface area contributed by atoms with Crippen molar-refractivity contribution in [2.75, 3.05) is 0 Å². The second-order valence-electron chi connectivity index (χ2n) is 4.48. The van der Waals surface area contributed by atoms with E-state index < -0.39 is 6.10 Å². The number of halogens is 2. The lowest BCUT2D eigenvalue weighted by Gasteiger charge is -2.26. The number of hydrogen-bond donors (Lipinski definition) is 0. The third kappa shape index (κ3) is 2.33. The second-order valence-corrected chi connectivity index (χ2v) is 5.32. The van der Waals surface area contributed by atoms with Gasteiger partial charge in [0.25, 0.3) is 0 Å². The molecule has 2 aromatic rings. The lowest BCUT2D eigenvalue weighted by Crippen LogP contribution is -2.15. The van der Waals surface area contributed by atoms with Crippen LogP contribution in [-0.4, -0.2) is 6.29 Å². The molecule has 0 amide bonds. The van der Waals surface area contributed by atoms with Crippen molar-refractivity contribution < 1.29 is 9.53 Å². The molecule has 1 aliphatic heterocycles. The third-order valence-electron chi connectivity index (χ3n) is 3.14. The Kier molecular flexibility index (Phi) is 3.51. The van der Waals surface area contributed by atoms with E-state index in [9.17, 15) is 4.79 Å². The van der Waals surface area contributed by atoms with Crippen molar-refractivity contribution in [1.82, 2.24) is 0 Å². The predicted octanol–water partition coefficient (Wildman–Crippen LogP) is 4.71. The maximum atomic E-state index is 11.3. The van der Waals surface area contributed by atoms with E-state index in [1.807, 2.05) is 30.3 Å². The highest BCUT2D eigenvalue weighted by molar-refractivity contribution is 6.36. The fraction of sp³-hybridized carbons (Fsp3) is 0.0625. The zero-order valence-corrected chi connectivity index (χ0v) is 11.9. The second kappa shape index (κ2) is 5.31. The van der Waals surface area contributed by atoms with Crippen molar-refractivity contribution >= 4 is 35.6 Å². The average Bonchev–Trinajstić information content (AvgIpc) is 2.46. The van der Waals surface area contributed by atoms with Gasteiger partial charge in [-0.3, -0.25) is 4.79 Å². The smallest absolute Gasteiger partial charge is 0.152 e. The standard InChI is InChI=1S/C16H10Cl2O2/c17-13-7-11-6-12(9-19)15(10-4-2-1-3-5-10)20-16(11)14(18)8-13/h1-9,15H. The Labute approximate surface area is 126 Å². The van der Waals surface area contributed by atoms with Crippen LogP contribution in [0.3, 0.4) is 0 Å². The van der Waals surface area contributed by atoms with E-state index in [2.05, 4.69) is 0 Å². The van der Waals surface area contributed by atoms with Crippen LogP contribution >= 0.6 is 23.2 Å². The number of rotatable bonds is 2. The molecular weight excluding hydrogens is 295 g/mol. The van der Waals surface area contributed by atoms with Crippen LogP contribution in [0, 0.1) is 0 Å². The summed E-state index contributed by atoms with van der Waals surface area (Å²) in [5.41, 5.74) is 2.17. The van der Waals surface area contributed by atoms with Gasteiger partial charge in [-0.2, -0.15) is 0 Å². The highest BCUT2D eigenvalue weighted by atomic mass is 35.5. The summed E-state index contributed by atoms with van der Waals surface area (Å²) in [6.07, 6.45) is 2.12. The molecular formula is C16H10Cl2O2. The minimum Gasteiger partial charge on any atom is -0.479 e. The van der Waals surface area contributed by atoms with Crippen LogP contribution in [0.15, 0.2) is 48.0 Å². The average molecular weight is 305 g/mol. The van der Waals surface area contributed by atoms with E-state index >= 15 is 0 Å². The SMILES string of the molecule is O=CC1=Cc2cc(Cl)cc(Cl)c2OC1c1ccccc1. The molecule has 0 saturated carbocycles. The summed E-state index contributed by atoms with van der Waals surface area (Å²) in [6, 6.07) is 12.9. The van der Waals surface area contributed by atoms with E-state index in [0.29, 0.717) is 21.4 Å².